The lowest BCUT2D eigenvalue weighted by Crippen LogP contribution is -2.52. The SMILES string of the molecule is O=C(c1cc(F)ccc1F)C1CCN(CC(=O)N2CCN(c3ccccc3F)CC2)CC1. The number of rotatable bonds is 5. The summed E-state index contributed by atoms with van der Waals surface area (Å²) in [5.41, 5.74) is 0.355. The summed E-state index contributed by atoms with van der Waals surface area (Å²) in [5, 5.41) is 0. The molecule has 2 aliphatic rings. The van der Waals surface area contributed by atoms with Crippen molar-refractivity contribution in [1.82, 2.24) is 9.80 Å². The molecule has 170 valence electrons. The van der Waals surface area contributed by atoms with Crippen LogP contribution in [0.5, 0.6) is 0 Å². The molecule has 2 aliphatic heterocycles. The highest BCUT2D eigenvalue weighted by Gasteiger charge is 2.30. The third-order valence-electron chi connectivity index (χ3n) is 6.34. The first-order chi connectivity index (χ1) is 15.4. The Bertz CT molecular complexity index is 984. The zero-order chi connectivity index (χ0) is 22.7. The van der Waals surface area contributed by atoms with Crippen molar-refractivity contribution in [3.05, 3.63) is 65.5 Å². The smallest absolute Gasteiger partial charge is 0.236 e. The van der Waals surface area contributed by atoms with Crippen LogP contribution in [0.25, 0.3) is 0 Å². The number of piperidine rings is 1. The van der Waals surface area contributed by atoms with Crippen LogP contribution in [0.15, 0.2) is 42.5 Å². The van der Waals surface area contributed by atoms with Gasteiger partial charge in [0, 0.05) is 32.1 Å². The fraction of sp³-hybridized carbons (Fsp3) is 0.417. The second-order valence-corrected chi connectivity index (χ2v) is 8.36. The minimum Gasteiger partial charge on any atom is -0.366 e. The van der Waals surface area contributed by atoms with Gasteiger partial charge < -0.3 is 9.80 Å². The van der Waals surface area contributed by atoms with E-state index in [2.05, 4.69) is 0 Å². The first-order valence-corrected chi connectivity index (χ1v) is 10.9. The van der Waals surface area contributed by atoms with Crippen molar-refractivity contribution in [1.29, 1.82) is 0 Å². The lowest BCUT2D eigenvalue weighted by atomic mass is 9.88. The van der Waals surface area contributed by atoms with Gasteiger partial charge in [0.25, 0.3) is 0 Å². The predicted octanol–water partition coefficient (Wildman–Crippen LogP) is 3.35. The molecule has 0 atom stereocenters. The minimum atomic E-state index is -0.705. The molecule has 0 bridgehead atoms. The van der Waals surface area contributed by atoms with Crippen molar-refractivity contribution >= 4 is 17.4 Å². The summed E-state index contributed by atoms with van der Waals surface area (Å²) in [6.45, 7) is 3.56. The highest BCUT2D eigenvalue weighted by atomic mass is 19.1. The fourth-order valence-electron chi connectivity index (χ4n) is 4.46. The van der Waals surface area contributed by atoms with E-state index in [-0.39, 0.29) is 35.5 Å². The summed E-state index contributed by atoms with van der Waals surface area (Å²) in [5.74, 6) is -2.34. The molecule has 4 rings (SSSR count). The molecule has 2 fully saturated rings. The number of nitrogens with zero attached hydrogens (tertiary/aromatic N) is 3. The van der Waals surface area contributed by atoms with Gasteiger partial charge in [0.05, 0.1) is 17.8 Å². The van der Waals surface area contributed by atoms with Crippen LogP contribution in [-0.2, 0) is 4.79 Å². The van der Waals surface area contributed by atoms with E-state index in [0.29, 0.717) is 57.8 Å². The molecule has 32 heavy (non-hydrogen) atoms. The normalized spacial score (nSPS) is 18.1. The Balaban J connectivity index is 1.25. The number of carbonyl (C=O) groups is 2. The second-order valence-electron chi connectivity index (χ2n) is 8.36. The zero-order valence-corrected chi connectivity index (χ0v) is 17.8. The molecule has 0 saturated carbocycles. The Kier molecular flexibility index (Phi) is 6.79. The highest BCUT2D eigenvalue weighted by molar-refractivity contribution is 5.98. The number of likely N-dealkylation sites (tertiary alicyclic amines) is 1. The zero-order valence-electron chi connectivity index (χ0n) is 17.8. The number of carbonyl (C=O) groups excluding carboxylic acids is 2. The average molecular weight is 445 g/mol. The fourth-order valence-corrected chi connectivity index (χ4v) is 4.46. The molecular formula is C24H26F3N3O2. The number of benzene rings is 2. The number of anilines is 1. The molecule has 2 aromatic carbocycles. The Hall–Kier alpha value is -2.87. The van der Waals surface area contributed by atoms with E-state index in [0.717, 1.165) is 18.2 Å². The number of amides is 1. The maximum absolute atomic E-state index is 14.0. The van der Waals surface area contributed by atoms with Crippen LogP contribution in [-0.4, -0.2) is 67.3 Å². The Morgan fingerprint density at radius 2 is 1.53 bits per heavy atom. The molecule has 0 N–H and O–H groups in total. The Morgan fingerprint density at radius 3 is 2.22 bits per heavy atom. The lowest BCUT2D eigenvalue weighted by Gasteiger charge is -2.38. The number of Topliss-reactive ketones (excluding diaryl/α,β-unsaturated/α-hetero) is 1. The van der Waals surface area contributed by atoms with Crippen LogP contribution < -0.4 is 4.90 Å². The molecule has 2 aromatic rings. The Labute approximate surface area is 185 Å². The first-order valence-electron chi connectivity index (χ1n) is 10.9. The molecule has 5 nitrogen and oxygen atoms in total. The van der Waals surface area contributed by atoms with Gasteiger partial charge in [-0.05, 0) is 56.3 Å². The molecule has 8 heteroatoms. The molecule has 0 spiro atoms. The van der Waals surface area contributed by atoms with Gasteiger partial charge in [0.1, 0.15) is 17.5 Å². The minimum absolute atomic E-state index is 0.0131. The van der Waals surface area contributed by atoms with Crippen LogP contribution in [0.4, 0.5) is 18.9 Å². The maximum Gasteiger partial charge on any atom is 0.236 e. The summed E-state index contributed by atoms with van der Waals surface area (Å²) in [4.78, 5) is 31.0. The van der Waals surface area contributed by atoms with E-state index in [1.54, 1.807) is 23.1 Å². The average Bonchev–Trinajstić information content (AvgIpc) is 2.81. The standard InChI is InChI=1S/C24H26F3N3O2/c25-18-5-6-20(26)19(15-18)24(32)17-7-9-28(10-8-17)16-23(31)30-13-11-29(12-14-30)22-4-2-1-3-21(22)27/h1-6,15,17H,7-14,16H2. The molecule has 0 aromatic heterocycles. The number of para-hydroxylation sites is 1. The molecule has 0 radical (unpaired) electrons. The largest absolute Gasteiger partial charge is 0.366 e. The van der Waals surface area contributed by atoms with Crippen molar-refractivity contribution < 1.29 is 22.8 Å². The van der Waals surface area contributed by atoms with Gasteiger partial charge in [-0.2, -0.15) is 0 Å². The number of hydrogen-bond acceptors (Lipinski definition) is 4. The van der Waals surface area contributed by atoms with Crippen LogP contribution in [0.1, 0.15) is 23.2 Å². The van der Waals surface area contributed by atoms with Gasteiger partial charge in [-0.15, -0.1) is 0 Å². The summed E-state index contributed by atoms with van der Waals surface area (Å²) in [7, 11) is 0. The summed E-state index contributed by atoms with van der Waals surface area (Å²) in [6.07, 6.45) is 1.01. The molecule has 2 heterocycles. The van der Waals surface area contributed by atoms with Gasteiger partial charge in [0.2, 0.25) is 5.91 Å². The molecule has 0 aliphatic carbocycles. The molecule has 1 amide bonds. The lowest BCUT2D eigenvalue weighted by molar-refractivity contribution is -0.133. The van der Waals surface area contributed by atoms with E-state index in [1.165, 1.54) is 6.07 Å². The number of hydrogen-bond donors (Lipinski definition) is 0. The van der Waals surface area contributed by atoms with E-state index in [9.17, 15) is 22.8 Å². The predicted molar refractivity (Wildman–Crippen MR) is 115 cm³/mol. The van der Waals surface area contributed by atoms with Gasteiger partial charge >= 0.3 is 0 Å². The molecular weight excluding hydrogens is 419 g/mol. The monoisotopic (exact) mass is 445 g/mol. The quantitative estimate of drug-likeness (QED) is 0.663. The van der Waals surface area contributed by atoms with Crippen molar-refractivity contribution in [2.75, 3.05) is 50.7 Å². The van der Waals surface area contributed by atoms with Crippen molar-refractivity contribution in [2.24, 2.45) is 5.92 Å². The Morgan fingerprint density at radius 1 is 0.844 bits per heavy atom. The van der Waals surface area contributed by atoms with Crippen molar-refractivity contribution in [3.8, 4) is 0 Å². The second kappa shape index (κ2) is 9.73. The maximum atomic E-state index is 14.0. The van der Waals surface area contributed by atoms with Crippen LogP contribution in [0.2, 0.25) is 0 Å². The van der Waals surface area contributed by atoms with Gasteiger partial charge in [-0.1, -0.05) is 12.1 Å². The van der Waals surface area contributed by atoms with Crippen LogP contribution in [0.3, 0.4) is 0 Å². The van der Waals surface area contributed by atoms with Crippen molar-refractivity contribution in [3.63, 3.8) is 0 Å². The summed E-state index contributed by atoms with van der Waals surface area (Å²) >= 11 is 0. The third-order valence-corrected chi connectivity index (χ3v) is 6.34. The van der Waals surface area contributed by atoms with Crippen molar-refractivity contribution in [2.45, 2.75) is 12.8 Å². The van der Waals surface area contributed by atoms with Crippen LogP contribution >= 0.6 is 0 Å². The number of halogens is 3. The van der Waals surface area contributed by atoms with E-state index >= 15 is 0 Å². The summed E-state index contributed by atoms with van der Waals surface area (Å²) in [6, 6.07) is 9.56. The molecule has 2 saturated heterocycles. The summed E-state index contributed by atoms with van der Waals surface area (Å²) < 4.78 is 41.3. The van der Waals surface area contributed by atoms with Gasteiger partial charge in [0.15, 0.2) is 5.78 Å². The van der Waals surface area contributed by atoms with E-state index < -0.39 is 11.6 Å². The van der Waals surface area contributed by atoms with Gasteiger partial charge in [-0.25, -0.2) is 13.2 Å². The third kappa shape index (κ3) is 4.96. The van der Waals surface area contributed by atoms with E-state index in [1.807, 2.05) is 9.80 Å². The topological polar surface area (TPSA) is 43.9 Å². The highest BCUT2D eigenvalue weighted by Crippen LogP contribution is 2.24. The molecule has 0 unspecified atom stereocenters. The first kappa shape index (κ1) is 22.3. The van der Waals surface area contributed by atoms with E-state index in [4.69, 9.17) is 0 Å². The number of piperazine rings is 1. The van der Waals surface area contributed by atoms with Gasteiger partial charge in [-0.3, -0.25) is 14.5 Å². The van der Waals surface area contributed by atoms with Crippen LogP contribution in [0, 0.1) is 23.4 Å². The number of ketones is 1.